The van der Waals surface area contributed by atoms with Crippen LogP contribution in [0.15, 0.2) is 35.9 Å². The van der Waals surface area contributed by atoms with E-state index in [1.165, 1.54) is 11.1 Å². The lowest BCUT2D eigenvalue weighted by molar-refractivity contribution is -0.132. The molecule has 3 nitrogen and oxygen atoms in total. The largest absolute Gasteiger partial charge is 0.508 e. The van der Waals surface area contributed by atoms with Crippen molar-refractivity contribution in [2.24, 2.45) is 28.6 Å². The van der Waals surface area contributed by atoms with Crippen molar-refractivity contribution in [3.63, 3.8) is 0 Å². The lowest BCUT2D eigenvalue weighted by Gasteiger charge is -2.59. The molecule has 148 valence electrons. The fraction of sp³-hybridized carbons (Fsp3) is 0.600. The molecule has 0 aromatic heterocycles. The minimum absolute atomic E-state index is 0.0480. The number of fused-ring (bicyclic) bond motifs is 5. The van der Waals surface area contributed by atoms with Gasteiger partial charge in [-0.2, -0.15) is 0 Å². The summed E-state index contributed by atoms with van der Waals surface area (Å²) in [4.78, 5) is 25.1. The minimum atomic E-state index is -0.136. The molecule has 0 saturated heterocycles. The first-order valence-corrected chi connectivity index (χ1v) is 10.9. The van der Waals surface area contributed by atoms with E-state index in [1.54, 1.807) is 12.1 Å². The molecular formula is C25H30O3. The van der Waals surface area contributed by atoms with Crippen LogP contribution in [0.2, 0.25) is 0 Å². The van der Waals surface area contributed by atoms with Gasteiger partial charge >= 0.3 is 0 Å². The molecule has 0 amide bonds. The normalized spacial score (nSPS) is 42.4. The summed E-state index contributed by atoms with van der Waals surface area (Å²) < 4.78 is 0. The number of carbonyl (C=O) groups is 2. The maximum Gasteiger partial charge on any atom is 0.155 e. The Morgan fingerprint density at radius 3 is 2.39 bits per heavy atom. The highest BCUT2D eigenvalue weighted by atomic mass is 16.3. The van der Waals surface area contributed by atoms with Crippen LogP contribution in [0.25, 0.3) is 0 Å². The molecule has 28 heavy (non-hydrogen) atoms. The summed E-state index contributed by atoms with van der Waals surface area (Å²) in [6.07, 6.45) is 8.45. The number of phenolic OH excluding ortho intramolecular Hbond substituents is 1. The maximum atomic E-state index is 12.7. The van der Waals surface area contributed by atoms with Gasteiger partial charge in [0.1, 0.15) is 11.5 Å². The molecule has 3 saturated carbocycles. The molecule has 4 aliphatic carbocycles. The molecule has 0 unspecified atom stereocenters. The van der Waals surface area contributed by atoms with E-state index < -0.39 is 0 Å². The molecular weight excluding hydrogens is 348 g/mol. The summed E-state index contributed by atoms with van der Waals surface area (Å²) in [7, 11) is 0. The first-order valence-electron chi connectivity index (χ1n) is 10.9. The van der Waals surface area contributed by atoms with E-state index in [2.05, 4.69) is 13.8 Å². The molecule has 5 rings (SSSR count). The second kappa shape index (κ2) is 6.05. The lowest BCUT2D eigenvalue weighted by Crippen LogP contribution is -2.52. The van der Waals surface area contributed by atoms with E-state index in [0.29, 0.717) is 30.0 Å². The third-order valence-corrected chi connectivity index (χ3v) is 9.01. The Kier molecular flexibility index (Phi) is 3.92. The predicted molar refractivity (Wildman–Crippen MR) is 108 cm³/mol. The topological polar surface area (TPSA) is 54.4 Å². The van der Waals surface area contributed by atoms with Crippen LogP contribution in [-0.2, 0) is 9.59 Å². The van der Waals surface area contributed by atoms with Gasteiger partial charge in [-0.05, 0) is 79.0 Å². The second-order valence-corrected chi connectivity index (χ2v) is 10.2. The fourth-order valence-corrected chi connectivity index (χ4v) is 7.44. The number of rotatable bonds is 1. The van der Waals surface area contributed by atoms with E-state index in [4.69, 9.17) is 0 Å². The Morgan fingerprint density at radius 2 is 1.64 bits per heavy atom. The Labute approximate surface area is 167 Å². The van der Waals surface area contributed by atoms with Crippen molar-refractivity contribution in [2.45, 2.75) is 64.7 Å². The van der Waals surface area contributed by atoms with Gasteiger partial charge in [0.25, 0.3) is 0 Å². The van der Waals surface area contributed by atoms with Gasteiger partial charge < -0.3 is 5.11 Å². The molecule has 0 heterocycles. The third-order valence-electron chi connectivity index (χ3n) is 9.01. The van der Waals surface area contributed by atoms with Crippen LogP contribution in [0.5, 0.6) is 5.75 Å². The summed E-state index contributed by atoms with van der Waals surface area (Å²) in [5.41, 5.74) is 2.42. The Morgan fingerprint density at radius 1 is 0.929 bits per heavy atom. The van der Waals surface area contributed by atoms with E-state index in [-0.39, 0.29) is 28.3 Å². The summed E-state index contributed by atoms with van der Waals surface area (Å²) in [6, 6.07) is 7.55. The smallest absolute Gasteiger partial charge is 0.155 e. The quantitative estimate of drug-likeness (QED) is 0.732. The van der Waals surface area contributed by atoms with Gasteiger partial charge in [0.05, 0.1) is 0 Å². The van der Waals surface area contributed by atoms with Crippen LogP contribution in [-0.4, -0.2) is 16.7 Å². The van der Waals surface area contributed by atoms with Gasteiger partial charge in [-0.1, -0.05) is 31.6 Å². The molecule has 3 heteroatoms. The molecule has 0 radical (unpaired) electrons. The standard InChI is InChI=1S/C25H30O3/c1-24-11-9-17(27)13-22(24)18(15-3-5-16(26)6-4-15)14-19-20-7-8-23(28)25(20,2)12-10-21(19)24/h3-6,13,18-21,26H,7-12,14H2,1-2H3/t18-,19+,20+,21+,24-,25+/m1/s1. The fourth-order valence-electron chi connectivity index (χ4n) is 7.44. The Bertz CT molecular complexity index is 866. The summed E-state index contributed by atoms with van der Waals surface area (Å²) in [6.45, 7) is 4.60. The van der Waals surface area contributed by atoms with Crippen LogP contribution < -0.4 is 0 Å². The number of allylic oxidation sites excluding steroid dienone is 1. The number of phenols is 1. The highest BCUT2D eigenvalue weighted by molar-refractivity contribution is 5.92. The molecule has 1 aromatic rings. The van der Waals surface area contributed by atoms with E-state index in [0.717, 1.165) is 38.5 Å². The third kappa shape index (κ3) is 2.41. The van der Waals surface area contributed by atoms with Crippen LogP contribution in [0.4, 0.5) is 0 Å². The monoisotopic (exact) mass is 378 g/mol. The molecule has 1 aromatic carbocycles. The molecule has 4 aliphatic rings. The lowest BCUT2D eigenvalue weighted by atomic mass is 9.45. The van der Waals surface area contributed by atoms with Gasteiger partial charge in [0.2, 0.25) is 0 Å². The average molecular weight is 379 g/mol. The number of carbonyl (C=O) groups excluding carboxylic acids is 2. The zero-order chi connectivity index (χ0) is 19.7. The van der Waals surface area contributed by atoms with Gasteiger partial charge in [-0.15, -0.1) is 0 Å². The van der Waals surface area contributed by atoms with Gasteiger partial charge in [-0.3, -0.25) is 9.59 Å². The van der Waals surface area contributed by atoms with E-state index in [9.17, 15) is 14.7 Å². The number of benzene rings is 1. The van der Waals surface area contributed by atoms with Crippen LogP contribution in [0.1, 0.15) is 70.3 Å². The van der Waals surface area contributed by atoms with Crippen LogP contribution in [0.3, 0.4) is 0 Å². The zero-order valence-electron chi connectivity index (χ0n) is 16.9. The SMILES string of the molecule is C[C@]12CCC(=O)C=C1[C@@H](c1ccc(O)cc1)C[C@@H]1[C@@H]2CC[C@]2(C)C(=O)CC[C@@H]12. The van der Waals surface area contributed by atoms with E-state index in [1.807, 2.05) is 18.2 Å². The number of ketones is 2. The predicted octanol–water partition coefficient (Wildman–Crippen LogP) is 5.19. The van der Waals surface area contributed by atoms with Crippen molar-refractivity contribution in [1.82, 2.24) is 0 Å². The van der Waals surface area contributed by atoms with Gasteiger partial charge in [0, 0.05) is 24.2 Å². The van der Waals surface area contributed by atoms with Crippen molar-refractivity contribution in [2.75, 3.05) is 0 Å². The summed E-state index contributed by atoms with van der Waals surface area (Å²) in [5, 5.41) is 9.75. The summed E-state index contributed by atoms with van der Waals surface area (Å²) >= 11 is 0. The molecule has 0 spiro atoms. The van der Waals surface area contributed by atoms with E-state index >= 15 is 0 Å². The van der Waals surface area contributed by atoms with Crippen LogP contribution in [0, 0.1) is 28.6 Å². The number of Topliss-reactive ketones (excluding diaryl/α,β-unsaturated/α-hetero) is 1. The van der Waals surface area contributed by atoms with Crippen molar-refractivity contribution >= 4 is 11.6 Å². The molecule has 1 N–H and O–H groups in total. The van der Waals surface area contributed by atoms with Crippen molar-refractivity contribution in [1.29, 1.82) is 0 Å². The maximum absolute atomic E-state index is 12.7. The van der Waals surface area contributed by atoms with Gasteiger partial charge in [0.15, 0.2) is 5.78 Å². The molecule has 0 bridgehead atoms. The Hall–Kier alpha value is -1.90. The van der Waals surface area contributed by atoms with Crippen molar-refractivity contribution in [3.05, 3.63) is 41.5 Å². The summed E-state index contributed by atoms with van der Waals surface area (Å²) in [5.74, 6) is 2.82. The highest BCUT2D eigenvalue weighted by Crippen LogP contribution is 2.66. The minimum Gasteiger partial charge on any atom is -0.508 e. The number of aromatic hydroxyl groups is 1. The zero-order valence-corrected chi connectivity index (χ0v) is 16.9. The molecule has 6 atom stereocenters. The van der Waals surface area contributed by atoms with Crippen LogP contribution >= 0.6 is 0 Å². The Balaban J connectivity index is 1.61. The number of hydrogen-bond donors (Lipinski definition) is 1. The molecule has 3 fully saturated rings. The van der Waals surface area contributed by atoms with Gasteiger partial charge in [-0.25, -0.2) is 0 Å². The highest BCUT2D eigenvalue weighted by Gasteiger charge is 2.60. The molecule has 0 aliphatic heterocycles. The second-order valence-electron chi connectivity index (χ2n) is 10.2. The van der Waals surface area contributed by atoms with Crippen molar-refractivity contribution in [3.8, 4) is 5.75 Å². The first-order chi connectivity index (χ1) is 13.3. The van der Waals surface area contributed by atoms with Crippen molar-refractivity contribution < 1.29 is 14.7 Å². The number of hydrogen-bond acceptors (Lipinski definition) is 3. The first kappa shape index (κ1) is 18.1. The average Bonchev–Trinajstić information content (AvgIpc) is 2.98.